The number of fused-ring (bicyclic) bond motifs is 1. The van der Waals surface area contributed by atoms with Crippen LogP contribution in [0.1, 0.15) is 5.56 Å². The van der Waals surface area contributed by atoms with Crippen molar-refractivity contribution in [3.63, 3.8) is 0 Å². The molecule has 0 saturated carbocycles. The molecule has 0 spiro atoms. The van der Waals surface area contributed by atoms with E-state index in [-0.39, 0.29) is 4.90 Å². The Labute approximate surface area is 152 Å². The van der Waals surface area contributed by atoms with E-state index >= 15 is 0 Å². The molecule has 0 aliphatic carbocycles. The zero-order valence-corrected chi connectivity index (χ0v) is 15.4. The molecule has 26 heavy (non-hydrogen) atoms. The normalized spacial score (nSPS) is 11.3. The molecule has 0 aliphatic rings. The molecule has 0 amide bonds. The van der Waals surface area contributed by atoms with Gasteiger partial charge in [0.2, 0.25) is 0 Å². The van der Waals surface area contributed by atoms with Crippen molar-refractivity contribution in [2.24, 2.45) is 0 Å². The maximum atomic E-state index is 13.1. The number of nitrogens with zero attached hydrogens (tertiary/aromatic N) is 1. The summed E-state index contributed by atoms with van der Waals surface area (Å²) in [6, 6.07) is 19.4. The third kappa shape index (κ3) is 3.55. The van der Waals surface area contributed by atoms with Gasteiger partial charge in [-0.15, -0.1) is 0 Å². The Morgan fingerprint density at radius 2 is 1.62 bits per heavy atom. The summed E-state index contributed by atoms with van der Waals surface area (Å²) in [5.74, 6) is -0.631. The van der Waals surface area contributed by atoms with Gasteiger partial charge in [0.25, 0.3) is 10.0 Å². The molecule has 0 heterocycles. The van der Waals surface area contributed by atoms with Crippen LogP contribution in [0.2, 0.25) is 0 Å². The van der Waals surface area contributed by atoms with Crippen LogP contribution in [0.15, 0.2) is 71.6 Å². The second-order valence-electron chi connectivity index (χ2n) is 5.93. The van der Waals surface area contributed by atoms with Gasteiger partial charge in [-0.3, -0.25) is 9.10 Å². The number of benzene rings is 3. The second-order valence-corrected chi connectivity index (χ2v) is 7.79. The zero-order valence-electron chi connectivity index (χ0n) is 14.5. The molecule has 3 aromatic carbocycles. The molecule has 0 atom stereocenters. The number of methoxy groups -OCH3 is 1. The number of hydrogen-bond donors (Lipinski definition) is 0. The number of esters is 1. The smallest absolute Gasteiger partial charge is 0.326 e. The summed E-state index contributed by atoms with van der Waals surface area (Å²) in [6.07, 6.45) is 0. The summed E-state index contributed by atoms with van der Waals surface area (Å²) < 4.78 is 32.1. The van der Waals surface area contributed by atoms with Crippen LogP contribution in [-0.4, -0.2) is 28.0 Å². The number of ether oxygens (including phenoxy) is 1. The van der Waals surface area contributed by atoms with Crippen LogP contribution in [0.25, 0.3) is 10.8 Å². The molecule has 0 N–H and O–H groups in total. The number of aryl methyl sites for hydroxylation is 1. The van der Waals surface area contributed by atoms with Crippen molar-refractivity contribution >= 4 is 32.5 Å². The SMILES string of the molecule is COC(=O)CN(c1ccc2ccccc2c1)S(=O)(=O)c1ccc(C)cc1. The Hall–Kier alpha value is -2.86. The second kappa shape index (κ2) is 7.17. The zero-order chi connectivity index (χ0) is 18.7. The number of rotatable bonds is 5. The van der Waals surface area contributed by atoms with Gasteiger partial charge in [0.15, 0.2) is 0 Å². The molecule has 0 radical (unpaired) electrons. The molecule has 3 aromatic rings. The van der Waals surface area contributed by atoms with Gasteiger partial charge in [0.1, 0.15) is 6.54 Å². The molecule has 0 saturated heterocycles. The fraction of sp³-hybridized carbons (Fsp3) is 0.150. The van der Waals surface area contributed by atoms with E-state index in [1.54, 1.807) is 24.3 Å². The highest BCUT2D eigenvalue weighted by Crippen LogP contribution is 2.27. The van der Waals surface area contributed by atoms with Gasteiger partial charge in [-0.05, 0) is 42.0 Å². The lowest BCUT2D eigenvalue weighted by Gasteiger charge is -2.24. The highest BCUT2D eigenvalue weighted by molar-refractivity contribution is 7.92. The Morgan fingerprint density at radius 3 is 2.27 bits per heavy atom. The summed E-state index contributed by atoms with van der Waals surface area (Å²) in [6.45, 7) is 1.48. The third-order valence-electron chi connectivity index (χ3n) is 4.13. The van der Waals surface area contributed by atoms with Crippen LogP contribution < -0.4 is 4.31 Å². The van der Waals surface area contributed by atoms with Crippen molar-refractivity contribution in [3.8, 4) is 0 Å². The molecule has 3 rings (SSSR count). The number of hydrogen-bond acceptors (Lipinski definition) is 4. The van der Waals surface area contributed by atoms with Gasteiger partial charge < -0.3 is 4.74 Å². The average Bonchev–Trinajstić information content (AvgIpc) is 2.65. The molecule has 5 nitrogen and oxygen atoms in total. The minimum Gasteiger partial charge on any atom is -0.468 e. The standard InChI is InChI=1S/C20H19NO4S/c1-15-7-11-19(12-8-15)26(23,24)21(14-20(22)25-2)18-10-9-16-5-3-4-6-17(16)13-18/h3-13H,14H2,1-2H3. The van der Waals surface area contributed by atoms with Crippen LogP contribution in [0.4, 0.5) is 5.69 Å². The maximum absolute atomic E-state index is 13.1. The summed E-state index contributed by atoms with van der Waals surface area (Å²) in [5.41, 5.74) is 1.36. The summed E-state index contributed by atoms with van der Waals surface area (Å²) >= 11 is 0. The predicted octanol–water partition coefficient (Wildman–Crippen LogP) is 3.52. The van der Waals surface area contributed by atoms with Crippen LogP contribution in [0.5, 0.6) is 0 Å². The van der Waals surface area contributed by atoms with E-state index in [4.69, 9.17) is 4.74 Å². The van der Waals surface area contributed by atoms with Crippen molar-refractivity contribution in [2.45, 2.75) is 11.8 Å². The summed E-state index contributed by atoms with van der Waals surface area (Å²) in [4.78, 5) is 12.0. The van der Waals surface area contributed by atoms with Crippen LogP contribution in [0.3, 0.4) is 0 Å². The first-order valence-corrected chi connectivity index (χ1v) is 9.51. The maximum Gasteiger partial charge on any atom is 0.326 e. The van der Waals surface area contributed by atoms with E-state index in [9.17, 15) is 13.2 Å². The van der Waals surface area contributed by atoms with E-state index < -0.39 is 22.5 Å². The van der Waals surface area contributed by atoms with Gasteiger partial charge in [-0.25, -0.2) is 8.42 Å². The molecule has 0 aromatic heterocycles. The number of carbonyl (C=O) groups excluding carboxylic acids is 1. The number of anilines is 1. The highest BCUT2D eigenvalue weighted by Gasteiger charge is 2.27. The highest BCUT2D eigenvalue weighted by atomic mass is 32.2. The first-order valence-electron chi connectivity index (χ1n) is 8.07. The largest absolute Gasteiger partial charge is 0.468 e. The lowest BCUT2D eigenvalue weighted by atomic mass is 10.1. The number of carbonyl (C=O) groups is 1. The van der Waals surface area contributed by atoms with Crippen LogP contribution >= 0.6 is 0 Å². The minimum atomic E-state index is -3.91. The molecule has 0 fully saturated rings. The minimum absolute atomic E-state index is 0.125. The van der Waals surface area contributed by atoms with Gasteiger partial charge in [0.05, 0.1) is 17.7 Å². The first-order chi connectivity index (χ1) is 12.4. The Balaban J connectivity index is 2.11. The van der Waals surface area contributed by atoms with E-state index in [2.05, 4.69) is 0 Å². The van der Waals surface area contributed by atoms with Crippen molar-refractivity contribution in [3.05, 3.63) is 72.3 Å². The van der Waals surface area contributed by atoms with E-state index in [1.165, 1.54) is 19.2 Å². The quantitative estimate of drug-likeness (QED) is 0.646. The van der Waals surface area contributed by atoms with E-state index in [0.29, 0.717) is 5.69 Å². The Kier molecular flexibility index (Phi) is 4.95. The van der Waals surface area contributed by atoms with Gasteiger partial charge in [-0.2, -0.15) is 0 Å². The predicted molar refractivity (Wildman–Crippen MR) is 102 cm³/mol. The van der Waals surface area contributed by atoms with Gasteiger partial charge in [0, 0.05) is 0 Å². The average molecular weight is 369 g/mol. The lowest BCUT2D eigenvalue weighted by molar-refractivity contribution is -0.138. The van der Waals surface area contributed by atoms with Crippen molar-refractivity contribution in [1.29, 1.82) is 0 Å². The molecule has 0 aliphatic heterocycles. The molecular weight excluding hydrogens is 350 g/mol. The third-order valence-corrected chi connectivity index (χ3v) is 5.92. The van der Waals surface area contributed by atoms with Crippen molar-refractivity contribution in [1.82, 2.24) is 0 Å². The topological polar surface area (TPSA) is 63.7 Å². The monoisotopic (exact) mass is 369 g/mol. The summed E-state index contributed by atoms with van der Waals surface area (Å²) in [7, 11) is -2.68. The van der Waals surface area contributed by atoms with Crippen LogP contribution in [0, 0.1) is 6.92 Å². The Bertz CT molecular complexity index is 1040. The molecule has 0 bridgehead atoms. The molecule has 0 unspecified atom stereocenters. The van der Waals surface area contributed by atoms with Gasteiger partial charge in [-0.1, -0.05) is 48.0 Å². The fourth-order valence-corrected chi connectivity index (χ4v) is 4.07. The molecule has 134 valence electrons. The number of sulfonamides is 1. The van der Waals surface area contributed by atoms with E-state index in [1.807, 2.05) is 37.3 Å². The molecule has 6 heteroatoms. The van der Waals surface area contributed by atoms with Crippen LogP contribution in [-0.2, 0) is 19.6 Å². The molecular formula is C20H19NO4S. The van der Waals surface area contributed by atoms with Crippen molar-refractivity contribution in [2.75, 3.05) is 18.0 Å². The van der Waals surface area contributed by atoms with Gasteiger partial charge >= 0.3 is 5.97 Å². The summed E-state index contributed by atoms with van der Waals surface area (Å²) in [5, 5.41) is 1.88. The van der Waals surface area contributed by atoms with E-state index in [0.717, 1.165) is 20.6 Å². The fourth-order valence-electron chi connectivity index (χ4n) is 2.67. The Morgan fingerprint density at radius 1 is 0.962 bits per heavy atom. The van der Waals surface area contributed by atoms with Crippen molar-refractivity contribution < 1.29 is 17.9 Å². The lowest BCUT2D eigenvalue weighted by Crippen LogP contribution is -2.36. The first kappa shape index (κ1) is 17.9.